The van der Waals surface area contributed by atoms with Crippen LogP contribution in [-0.2, 0) is 11.3 Å². The Morgan fingerprint density at radius 3 is 2.67 bits per heavy atom. The van der Waals surface area contributed by atoms with E-state index in [1.807, 2.05) is 37.3 Å². The highest BCUT2D eigenvalue weighted by atomic mass is 16.5. The van der Waals surface area contributed by atoms with Gasteiger partial charge in [0.2, 0.25) is 0 Å². The van der Waals surface area contributed by atoms with E-state index in [0.29, 0.717) is 22.3 Å². The molecule has 2 aromatic carbocycles. The van der Waals surface area contributed by atoms with Crippen LogP contribution in [0.3, 0.4) is 0 Å². The summed E-state index contributed by atoms with van der Waals surface area (Å²) in [5.74, 6) is 1.45. The SMILES string of the molecule is COc1ccc(-c2oc3ccccc3c(=O)c2C)cc1CN1CCOCC1. The van der Waals surface area contributed by atoms with Gasteiger partial charge in [0.05, 0.1) is 25.7 Å². The lowest BCUT2D eigenvalue weighted by Crippen LogP contribution is -2.35. The normalized spacial score (nSPS) is 15.2. The van der Waals surface area contributed by atoms with E-state index in [2.05, 4.69) is 11.0 Å². The average Bonchev–Trinajstić information content (AvgIpc) is 2.71. The second-order valence-corrected chi connectivity index (χ2v) is 6.80. The van der Waals surface area contributed by atoms with Crippen LogP contribution < -0.4 is 10.2 Å². The molecule has 0 bridgehead atoms. The molecule has 1 fully saturated rings. The molecule has 1 aliphatic rings. The number of rotatable bonds is 4. The molecular weight excluding hydrogens is 342 g/mol. The quantitative estimate of drug-likeness (QED) is 0.707. The van der Waals surface area contributed by atoms with Gasteiger partial charge in [0.25, 0.3) is 0 Å². The molecule has 0 radical (unpaired) electrons. The Kier molecular flexibility index (Phi) is 4.97. The molecule has 0 aliphatic carbocycles. The number of para-hydroxylation sites is 1. The number of hydrogen-bond donors (Lipinski definition) is 0. The Hall–Kier alpha value is -2.63. The molecule has 0 N–H and O–H groups in total. The van der Waals surface area contributed by atoms with E-state index in [0.717, 1.165) is 49.7 Å². The zero-order chi connectivity index (χ0) is 18.8. The highest BCUT2D eigenvalue weighted by Crippen LogP contribution is 2.30. The van der Waals surface area contributed by atoms with Crippen LogP contribution in [0.4, 0.5) is 0 Å². The van der Waals surface area contributed by atoms with Gasteiger partial charge in [0.15, 0.2) is 5.43 Å². The van der Waals surface area contributed by atoms with Gasteiger partial charge in [-0.1, -0.05) is 12.1 Å². The highest BCUT2D eigenvalue weighted by molar-refractivity contribution is 5.80. The highest BCUT2D eigenvalue weighted by Gasteiger charge is 2.17. The standard InChI is InChI=1S/C22H23NO4/c1-15-21(24)18-5-3-4-6-20(18)27-22(15)16-7-8-19(25-2)17(13-16)14-23-9-11-26-12-10-23/h3-8,13H,9-12,14H2,1-2H3. The molecule has 0 unspecified atom stereocenters. The van der Waals surface area contributed by atoms with Gasteiger partial charge in [-0.3, -0.25) is 9.69 Å². The van der Waals surface area contributed by atoms with E-state index < -0.39 is 0 Å². The summed E-state index contributed by atoms with van der Waals surface area (Å²) < 4.78 is 17.1. The fourth-order valence-electron chi connectivity index (χ4n) is 3.55. The number of hydrogen-bond acceptors (Lipinski definition) is 5. The first-order valence-corrected chi connectivity index (χ1v) is 9.17. The maximum Gasteiger partial charge on any atom is 0.196 e. The van der Waals surface area contributed by atoms with Crippen LogP contribution in [0.25, 0.3) is 22.3 Å². The predicted octanol–water partition coefficient (Wildman–Crippen LogP) is 3.61. The summed E-state index contributed by atoms with van der Waals surface area (Å²) in [6, 6.07) is 13.3. The number of morpholine rings is 1. The smallest absolute Gasteiger partial charge is 0.196 e. The second kappa shape index (κ2) is 7.55. The lowest BCUT2D eigenvalue weighted by atomic mass is 10.0. The summed E-state index contributed by atoms with van der Waals surface area (Å²) >= 11 is 0. The third kappa shape index (κ3) is 3.48. The molecular formula is C22H23NO4. The number of fused-ring (bicyclic) bond motifs is 1. The molecule has 3 aromatic rings. The summed E-state index contributed by atoms with van der Waals surface area (Å²) in [7, 11) is 1.68. The minimum atomic E-state index is 0.0115. The molecule has 1 aliphatic heterocycles. The van der Waals surface area contributed by atoms with E-state index in [9.17, 15) is 4.79 Å². The number of ether oxygens (including phenoxy) is 2. The van der Waals surface area contributed by atoms with Crippen LogP contribution in [0.5, 0.6) is 5.75 Å². The van der Waals surface area contributed by atoms with Gasteiger partial charge in [-0.05, 0) is 37.3 Å². The third-order valence-corrected chi connectivity index (χ3v) is 5.07. The van der Waals surface area contributed by atoms with Crippen molar-refractivity contribution in [3.8, 4) is 17.1 Å². The van der Waals surface area contributed by atoms with Gasteiger partial charge >= 0.3 is 0 Å². The van der Waals surface area contributed by atoms with E-state index >= 15 is 0 Å². The molecule has 5 heteroatoms. The lowest BCUT2D eigenvalue weighted by molar-refractivity contribution is 0.0339. The van der Waals surface area contributed by atoms with Crippen molar-refractivity contribution < 1.29 is 13.9 Å². The van der Waals surface area contributed by atoms with Gasteiger partial charge < -0.3 is 13.9 Å². The zero-order valence-electron chi connectivity index (χ0n) is 15.7. The predicted molar refractivity (Wildman–Crippen MR) is 105 cm³/mol. The summed E-state index contributed by atoms with van der Waals surface area (Å²) in [4.78, 5) is 15.1. The molecule has 1 saturated heterocycles. The van der Waals surface area contributed by atoms with E-state index in [4.69, 9.17) is 13.9 Å². The van der Waals surface area contributed by atoms with Crippen molar-refractivity contribution in [2.45, 2.75) is 13.5 Å². The summed E-state index contributed by atoms with van der Waals surface area (Å²) in [6.45, 7) is 5.90. The van der Waals surface area contributed by atoms with Crippen molar-refractivity contribution in [2.24, 2.45) is 0 Å². The molecule has 0 saturated carbocycles. The first-order chi connectivity index (χ1) is 13.2. The molecule has 0 amide bonds. The molecule has 27 heavy (non-hydrogen) atoms. The molecule has 140 valence electrons. The number of benzene rings is 2. The van der Waals surface area contributed by atoms with Gasteiger partial charge in [0.1, 0.15) is 17.1 Å². The zero-order valence-corrected chi connectivity index (χ0v) is 15.7. The van der Waals surface area contributed by atoms with Crippen molar-refractivity contribution in [1.82, 2.24) is 4.90 Å². The topological polar surface area (TPSA) is 51.9 Å². The summed E-state index contributed by atoms with van der Waals surface area (Å²) in [5, 5.41) is 0.612. The van der Waals surface area contributed by atoms with Crippen molar-refractivity contribution in [2.75, 3.05) is 33.4 Å². The fourth-order valence-corrected chi connectivity index (χ4v) is 3.55. The number of nitrogens with zero attached hydrogens (tertiary/aromatic N) is 1. The van der Waals surface area contributed by atoms with Crippen molar-refractivity contribution in [3.63, 3.8) is 0 Å². The van der Waals surface area contributed by atoms with Gasteiger partial charge in [0, 0.05) is 36.3 Å². The largest absolute Gasteiger partial charge is 0.496 e. The monoisotopic (exact) mass is 365 g/mol. The molecule has 2 heterocycles. The van der Waals surface area contributed by atoms with Crippen molar-refractivity contribution >= 4 is 11.0 Å². The van der Waals surface area contributed by atoms with E-state index in [-0.39, 0.29) is 5.43 Å². The summed E-state index contributed by atoms with van der Waals surface area (Å²) in [6.07, 6.45) is 0. The Labute approximate surface area is 158 Å². The van der Waals surface area contributed by atoms with Crippen LogP contribution >= 0.6 is 0 Å². The second-order valence-electron chi connectivity index (χ2n) is 6.80. The third-order valence-electron chi connectivity index (χ3n) is 5.07. The van der Waals surface area contributed by atoms with Crippen molar-refractivity contribution in [3.05, 3.63) is 63.8 Å². The Bertz CT molecular complexity index is 1020. The molecule has 1 aromatic heterocycles. The molecule has 5 nitrogen and oxygen atoms in total. The molecule has 0 atom stereocenters. The van der Waals surface area contributed by atoms with Crippen LogP contribution in [0.1, 0.15) is 11.1 Å². The fraction of sp³-hybridized carbons (Fsp3) is 0.318. The average molecular weight is 365 g/mol. The van der Waals surface area contributed by atoms with Crippen LogP contribution in [0.15, 0.2) is 51.7 Å². The van der Waals surface area contributed by atoms with Crippen LogP contribution in [0.2, 0.25) is 0 Å². The van der Waals surface area contributed by atoms with Gasteiger partial charge in [-0.15, -0.1) is 0 Å². The first-order valence-electron chi connectivity index (χ1n) is 9.17. The minimum Gasteiger partial charge on any atom is -0.496 e. The van der Waals surface area contributed by atoms with E-state index in [1.165, 1.54) is 0 Å². The van der Waals surface area contributed by atoms with Crippen LogP contribution in [-0.4, -0.2) is 38.3 Å². The maximum absolute atomic E-state index is 12.7. The minimum absolute atomic E-state index is 0.0115. The number of methoxy groups -OCH3 is 1. The van der Waals surface area contributed by atoms with E-state index in [1.54, 1.807) is 13.2 Å². The van der Waals surface area contributed by atoms with Gasteiger partial charge in [-0.25, -0.2) is 0 Å². The maximum atomic E-state index is 12.7. The molecule has 4 rings (SSSR count). The molecule has 0 spiro atoms. The van der Waals surface area contributed by atoms with Crippen LogP contribution in [0, 0.1) is 6.92 Å². The van der Waals surface area contributed by atoms with Crippen molar-refractivity contribution in [1.29, 1.82) is 0 Å². The Morgan fingerprint density at radius 2 is 1.89 bits per heavy atom. The Morgan fingerprint density at radius 1 is 1.11 bits per heavy atom. The summed E-state index contributed by atoms with van der Waals surface area (Å²) in [5.41, 5.74) is 3.20. The van der Waals surface area contributed by atoms with Gasteiger partial charge in [-0.2, -0.15) is 0 Å². The lowest BCUT2D eigenvalue weighted by Gasteiger charge is -2.27. The Balaban J connectivity index is 1.78. The first kappa shape index (κ1) is 17.8.